The van der Waals surface area contributed by atoms with Crippen LogP contribution in [0.1, 0.15) is 37.3 Å². The fourth-order valence-electron chi connectivity index (χ4n) is 3.66. The van der Waals surface area contributed by atoms with Gasteiger partial charge >= 0.3 is 5.69 Å². The van der Waals surface area contributed by atoms with Gasteiger partial charge in [-0.25, -0.2) is 4.79 Å². The molecule has 2 aromatic carbocycles. The highest BCUT2D eigenvalue weighted by Crippen LogP contribution is 2.23. The smallest absolute Gasteiger partial charge is 0.330 e. The van der Waals surface area contributed by atoms with Gasteiger partial charge in [0.2, 0.25) is 5.91 Å². The van der Waals surface area contributed by atoms with Gasteiger partial charge in [-0.1, -0.05) is 48.9 Å². The van der Waals surface area contributed by atoms with Gasteiger partial charge in [0.05, 0.1) is 13.2 Å². The number of aromatic nitrogens is 2. The largest absolute Gasteiger partial charge is 0.493 e. The van der Waals surface area contributed by atoms with Gasteiger partial charge in [0, 0.05) is 18.0 Å². The molecular weight excluding hydrogens is 456 g/mol. The molecule has 0 unspecified atom stereocenters. The van der Waals surface area contributed by atoms with Crippen LogP contribution >= 0.6 is 11.6 Å². The number of H-pyrrole nitrogens is 1. The number of nitrogens with two attached hydrogens (primary N) is 1. The van der Waals surface area contributed by atoms with Gasteiger partial charge in [0.25, 0.3) is 5.56 Å². The summed E-state index contributed by atoms with van der Waals surface area (Å²) < 4.78 is 7.04. The maximum absolute atomic E-state index is 13.1. The highest BCUT2D eigenvalue weighted by Gasteiger charge is 2.23. The highest BCUT2D eigenvalue weighted by atomic mass is 35.5. The molecule has 1 heterocycles. The number of hydrogen-bond acceptors (Lipinski definition) is 5. The zero-order valence-corrected chi connectivity index (χ0v) is 20.1. The minimum Gasteiger partial charge on any atom is -0.493 e. The second-order valence-electron chi connectivity index (χ2n) is 7.97. The van der Waals surface area contributed by atoms with E-state index in [2.05, 4.69) is 4.98 Å². The van der Waals surface area contributed by atoms with E-state index in [9.17, 15) is 14.4 Å². The number of ether oxygens (including phenoxy) is 1. The molecule has 1 amide bonds. The summed E-state index contributed by atoms with van der Waals surface area (Å²) in [5.74, 6) is 0.406. The van der Waals surface area contributed by atoms with Gasteiger partial charge in [0.15, 0.2) is 5.69 Å². The van der Waals surface area contributed by atoms with Gasteiger partial charge < -0.3 is 15.4 Å². The molecule has 0 aliphatic carbocycles. The van der Waals surface area contributed by atoms with E-state index in [0.717, 1.165) is 11.1 Å². The Balaban J connectivity index is 1.76. The summed E-state index contributed by atoms with van der Waals surface area (Å²) in [5, 5.41) is 0.631. The minimum absolute atomic E-state index is 0.00292. The number of rotatable bonds is 10. The van der Waals surface area contributed by atoms with Crippen LogP contribution in [0.3, 0.4) is 0 Å². The highest BCUT2D eigenvalue weighted by molar-refractivity contribution is 6.30. The molecular formula is C25H29ClN4O4. The van der Waals surface area contributed by atoms with Crippen molar-refractivity contribution in [1.29, 1.82) is 0 Å². The number of carbonyl (C=O) groups excluding carboxylic acids is 1. The first-order valence-corrected chi connectivity index (χ1v) is 11.6. The molecule has 34 heavy (non-hydrogen) atoms. The van der Waals surface area contributed by atoms with E-state index in [1.54, 1.807) is 12.1 Å². The fourth-order valence-corrected chi connectivity index (χ4v) is 3.89. The lowest BCUT2D eigenvalue weighted by Gasteiger charge is -2.24. The first-order chi connectivity index (χ1) is 16.3. The summed E-state index contributed by atoms with van der Waals surface area (Å²) in [7, 11) is 0. The van der Waals surface area contributed by atoms with Crippen LogP contribution in [0.2, 0.25) is 5.02 Å². The molecule has 0 saturated heterocycles. The van der Waals surface area contributed by atoms with Gasteiger partial charge in [0.1, 0.15) is 11.6 Å². The Morgan fingerprint density at radius 3 is 2.59 bits per heavy atom. The lowest BCUT2D eigenvalue weighted by atomic mass is 10.2. The molecule has 0 fully saturated rings. The molecule has 1 aromatic heterocycles. The lowest BCUT2D eigenvalue weighted by molar-refractivity contribution is -0.118. The first kappa shape index (κ1) is 25.1. The monoisotopic (exact) mass is 484 g/mol. The Kier molecular flexibility index (Phi) is 8.54. The molecule has 0 saturated carbocycles. The third-order valence-corrected chi connectivity index (χ3v) is 5.58. The number of nitrogens with one attached hydrogen (secondary N) is 1. The van der Waals surface area contributed by atoms with Crippen molar-refractivity contribution in [2.24, 2.45) is 0 Å². The molecule has 180 valence electrons. The van der Waals surface area contributed by atoms with Crippen molar-refractivity contribution in [3.63, 3.8) is 0 Å². The Hall–Kier alpha value is -3.52. The molecule has 0 spiro atoms. The van der Waals surface area contributed by atoms with E-state index in [4.69, 9.17) is 22.1 Å². The van der Waals surface area contributed by atoms with Crippen LogP contribution in [0.4, 0.5) is 11.5 Å². The molecule has 3 N–H and O–H groups in total. The van der Waals surface area contributed by atoms with Crippen LogP contribution < -0.4 is 26.6 Å². The second-order valence-corrected chi connectivity index (χ2v) is 8.41. The maximum Gasteiger partial charge on any atom is 0.330 e. The normalized spacial score (nSPS) is 10.8. The van der Waals surface area contributed by atoms with Gasteiger partial charge in [-0.3, -0.25) is 19.1 Å². The van der Waals surface area contributed by atoms with E-state index in [-0.39, 0.29) is 30.4 Å². The zero-order valence-electron chi connectivity index (χ0n) is 19.3. The summed E-state index contributed by atoms with van der Waals surface area (Å²) in [6.07, 6.45) is 1.22. The van der Waals surface area contributed by atoms with Crippen molar-refractivity contribution >= 4 is 29.0 Å². The van der Waals surface area contributed by atoms with Crippen molar-refractivity contribution in [2.45, 2.75) is 39.7 Å². The SMILES string of the molecule is CCCN(C(=O)CCCOc1ccc(Cl)cc1C)c1c(N)n(Cc2ccccc2)c(=O)[nH]c1=O. The predicted molar refractivity (Wildman–Crippen MR) is 135 cm³/mol. The molecule has 9 heteroatoms. The third kappa shape index (κ3) is 6.08. The number of amides is 1. The number of nitrogen functional groups attached to an aromatic ring is 1. The number of nitrogens with zero attached hydrogens (tertiary/aromatic N) is 2. The molecule has 0 aliphatic rings. The van der Waals surface area contributed by atoms with Crippen LogP contribution in [-0.2, 0) is 11.3 Å². The quantitative estimate of drug-likeness (QED) is 0.426. The van der Waals surface area contributed by atoms with Crippen LogP contribution in [-0.4, -0.2) is 28.6 Å². The molecule has 8 nitrogen and oxygen atoms in total. The van der Waals surface area contributed by atoms with E-state index < -0.39 is 11.2 Å². The third-order valence-electron chi connectivity index (χ3n) is 5.35. The van der Waals surface area contributed by atoms with Crippen LogP contribution in [0, 0.1) is 6.92 Å². The number of benzene rings is 2. The van der Waals surface area contributed by atoms with Crippen molar-refractivity contribution in [3.05, 3.63) is 85.5 Å². The van der Waals surface area contributed by atoms with Crippen LogP contribution in [0.5, 0.6) is 5.75 Å². The Morgan fingerprint density at radius 2 is 1.91 bits per heavy atom. The van der Waals surface area contributed by atoms with Crippen LogP contribution in [0.25, 0.3) is 0 Å². The number of carbonyl (C=O) groups is 1. The van der Waals surface area contributed by atoms with Crippen molar-refractivity contribution < 1.29 is 9.53 Å². The van der Waals surface area contributed by atoms with Gasteiger partial charge in [-0.15, -0.1) is 0 Å². The van der Waals surface area contributed by atoms with Gasteiger partial charge in [-0.2, -0.15) is 0 Å². The molecule has 3 rings (SSSR count). The summed E-state index contributed by atoms with van der Waals surface area (Å²) in [4.78, 5) is 41.9. The average Bonchev–Trinajstić information content (AvgIpc) is 2.80. The molecule has 3 aromatic rings. The van der Waals surface area contributed by atoms with E-state index >= 15 is 0 Å². The zero-order chi connectivity index (χ0) is 24.7. The standard InChI is InChI=1S/C25H29ClN4O4/c1-3-13-29(21(31)10-7-14-34-20-12-11-19(26)15-17(20)2)22-23(27)30(25(33)28-24(22)32)16-18-8-5-4-6-9-18/h4-6,8-9,11-12,15H,3,7,10,13-14,16,27H2,1-2H3,(H,28,32,33). The lowest BCUT2D eigenvalue weighted by Crippen LogP contribution is -2.41. The maximum atomic E-state index is 13.1. The summed E-state index contributed by atoms with van der Waals surface area (Å²) in [5.41, 5.74) is 6.73. The minimum atomic E-state index is -0.679. The van der Waals surface area contributed by atoms with E-state index in [0.29, 0.717) is 36.8 Å². The van der Waals surface area contributed by atoms with E-state index in [1.165, 1.54) is 9.47 Å². The summed E-state index contributed by atoms with van der Waals surface area (Å²) in [6, 6.07) is 14.6. The Bertz CT molecular complexity index is 1250. The molecule has 0 atom stereocenters. The Labute approximate surface area is 202 Å². The van der Waals surface area contributed by atoms with Gasteiger partial charge in [-0.05, 0) is 49.1 Å². The molecule has 0 aliphatic heterocycles. The number of halogens is 1. The van der Waals surface area contributed by atoms with Crippen molar-refractivity contribution in [2.75, 3.05) is 23.8 Å². The fraction of sp³-hybridized carbons (Fsp3) is 0.320. The predicted octanol–water partition coefficient (Wildman–Crippen LogP) is 3.73. The average molecular weight is 485 g/mol. The Morgan fingerprint density at radius 1 is 1.18 bits per heavy atom. The van der Waals surface area contributed by atoms with Crippen LogP contribution in [0.15, 0.2) is 58.1 Å². The van der Waals surface area contributed by atoms with Crippen molar-refractivity contribution in [1.82, 2.24) is 9.55 Å². The first-order valence-electron chi connectivity index (χ1n) is 11.2. The van der Waals surface area contributed by atoms with Crippen molar-refractivity contribution in [3.8, 4) is 5.75 Å². The number of aromatic amines is 1. The summed E-state index contributed by atoms with van der Waals surface area (Å²) in [6.45, 7) is 4.60. The second kappa shape index (κ2) is 11.6. The molecule has 0 bridgehead atoms. The number of aryl methyl sites for hydroxylation is 1. The number of anilines is 2. The molecule has 0 radical (unpaired) electrons. The van der Waals surface area contributed by atoms with E-state index in [1.807, 2.05) is 50.2 Å². The summed E-state index contributed by atoms with van der Waals surface area (Å²) >= 11 is 5.97. The topological polar surface area (TPSA) is 110 Å². The number of hydrogen-bond donors (Lipinski definition) is 2.